The number of nitrogens with one attached hydrogen (secondary N) is 1. The minimum Gasteiger partial charge on any atom is -0.305 e. The molecule has 14 heavy (non-hydrogen) atoms. The highest BCUT2D eigenvalue weighted by Gasteiger charge is 2.25. The van der Waals surface area contributed by atoms with Crippen LogP contribution in [0.2, 0.25) is 0 Å². The third-order valence-corrected chi connectivity index (χ3v) is 2.72. The average molecular weight is 186 g/mol. The SMILES string of the molecule is CC1CC=CC(=N)C1c1ccccn1. The fourth-order valence-electron chi connectivity index (χ4n) is 1.97. The van der Waals surface area contributed by atoms with Crippen molar-refractivity contribution in [1.82, 2.24) is 4.98 Å². The highest BCUT2D eigenvalue weighted by Crippen LogP contribution is 2.30. The summed E-state index contributed by atoms with van der Waals surface area (Å²) in [7, 11) is 0. The standard InChI is InChI=1S/C12H14N2/c1-9-5-4-6-10(13)12(9)11-7-2-3-8-14-11/h2-4,6-9,12-13H,5H2,1H3. The highest BCUT2D eigenvalue weighted by atomic mass is 14.7. The van der Waals surface area contributed by atoms with Gasteiger partial charge >= 0.3 is 0 Å². The van der Waals surface area contributed by atoms with Gasteiger partial charge in [0, 0.05) is 23.5 Å². The van der Waals surface area contributed by atoms with Crippen LogP contribution in [0.4, 0.5) is 0 Å². The maximum Gasteiger partial charge on any atom is 0.0496 e. The van der Waals surface area contributed by atoms with Gasteiger partial charge in [0.1, 0.15) is 0 Å². The summed E-state index contributed by atoms with van der Waals surface area (Å²) in [6.07, 6.45) is 6.82. The maximum absolute atomic E-state index is 7.89. The summed E-state index contributed by atoms with van der Waals surface area (Å²) in [4.78, 5) is 4.33. The topological polar surface area (TPSA) is 36.7 Å². The van der Waals surface area contributed by atoms with Crippen molar-refractivity contribution in [2.24, 2.45) is 5.92 Å². The summed E-state index contributed by atoms with van der Waals surface area (Å²) < 4.78 is 0. The minimum atomic E-state index is 0.182. The van der Waals surface area contributed by atoms with Gasteiger partial charge in [-0.1, -0.05) is 19.1 Å². The third-order valence-electron chi connectivity index (χ3n) is 2.72. The van der Waals surface area contributed by atoms with Crippen molar-refractivity contribution in [2.45, 2.75) is 19.3 Å². The zero-order valence-electron chi connectivity index (χ0n) is 8.27. The van der Waals surface area contributed by atoms with Crippen molar-refractivity contribution < 1.29 is 0 Å². The fourth-order valence-corrected chi connectivity index (χ4v) is 1.97. The minimum absolute atomic E-state index is 0.182. The molecule has 2 unspecified atom stereocenters. The second-order valence-corrected chi connectivity index (χ2v) is 3.80. The Hall–Kier alpha value is -1.44. The molecule has 0 fully saturated rings. The molecular formula is C12H14N2. The van der Waals surface area contributed by atoms with Crippen molar-refractivity contribution in [3.8, 4) is 0 Å². The van der Waals surface area contributed by atoms with E-state index in [0.29, 0.717) is 11.6 Å². The Bertz CT molecular complexity index is 354. The van der Waals surface area contributed by atoms with Crippen LogP contribution in [0.15, 0.2) is 36.5 Å². The molecule has 2 rings (SSSR count). The lowest BCUT2D eigenvalue weighted by Gasteiger charge is -2.25. The molecule has 0 saturated heterocycles. The molecule has 0 amide bonds. The van der Waals surface area contributed by atoms with Crippen LogP contribution in [0.25, 0.3) is 0 Å². The van der Waals surface area contributed by atoms with Crippen molar-refractivity contribution in [1.29, 1.82) is 5.41 Å². The van der Waals surface area contributed by atoms with E-state index in [1.807, 2.05) is 24.3 Å². The van der Waals surface area contributed by atoms with E-state index in [-0.39, 0.29) is 5.92 Å². The van der Waals surface area contributed by atoms with Crippen LogP contribution in [-0.4, -0.2) is 10.7 Å². The average Bonchev–Trinajstić information content (AvgIpc) is 2.19. The van der Waals surface area contributed by atoms with Crippen LogP contribution < -0.4 is 0 Å². The van der Waals surface area contributed by atoms with E-state index in [9.17, 15) is 0 Å². The summed E-state index contributed by atoms with van der Waals surface area (Å²) in [5, 5.41) is 7.89. The molecule has 0 radical (unpaired) electrons. The van der Waals surface area contributed by atoms with Crippen molar-refractivity contribution in [3.63, 3.8) is 0 Å². The van der Waals surface area contributed by atoms with Gasteiger partial charge in [0.05, 0.1) is 0 Å². The third kappa shape index (κ3) is 1.60. The Morgan fingerprint density at radius 1 is 1.43 bits per heavy atom. The van der Waals surface area contributed by atoms with Crippen LogP contribution in [0.1, 0.15) is 25.0 Å². The molecular weight excluding hydrogens is 172 g/mol. The largest absolute Gasteiger partial charge is 0.305 e. The summed E-state index contributed by atoms with van der Waals surface area (Å²) in [6.45, 7) is 2.18. The summed E-state index contributed by atoms with van der Waals surface area (Å²) in [6, 6.07) is 5.91. The Labute approximate surface area is 84.2 Å². The first-order chi connectivity index (χ1) is 6.79. The monoisotopic (exact) mass is 186 g/mol. The van der Waals surface area contributed by atoms with Crippen LogP contribution >= 0.6 is 0 Å². The Balaban J connectivity index is 2.33. The van der Waals surface area contributed by atoms with Gasteiger partial charge in [0.25, 0.3) is 0 Å². The summed E-state index contributed by atoms with van der Waals surface area (Å²) in [5.41, 5.74) is 1.71. The van der Waals surface area contributed by atoms with Gasteiger partial charge in [-0.15, -0.1) is 0 Å². The first-order valence-electron chi connectivity index (χ1n) is 4.95. The van der Waals surface area contributed by atoms with E-state index in [0.717, 1.165) is 12.1 Å². The molecule has 72 valence electrons. The van der Waals surface area contributed by atoms with Crippen LogP contribution in [0.5, 0.6) is 0 Å². The van der Waals surface area contributed by atoms with Crippen molar-refractivity contribution in [3.05, 3.63) is 42.2 Å². The Kier molecular flexibility index (Phi) is 2.44. The number of allylic oxidation sites excluding steroid dienone is 2. The zero-order chi connectivity index (χ0) is 9.97. The van der Waals surface area contributed by atoms with Gasteiger partial charge < -0.3 is 5.41 Å². The zero-order valence-corrected chi connectivity index (χ0v) is 8.27. The van der Waals surface area contributed by atoms with Gasteiger partial charge in [-0.2, -0.15) is 0 Å². The van der Waals surface area contributed by atoms with E-state index < -0.39 is 0 Å². The van der Waals surface area contributed by atoms with E-state index in [4.69, 9.17) is 5.41 Å². The van der Waals surface area contributed by atoms with E-state index in [1.165, 1.54) is 0 Å². The smallest absolute Gasteiger partial charge is 0.0496 e. The molecule has 1 aromatic heterocycles. The maximum atomic E-state index is 7.89. The molecule has 1 aliphatic rings. The van der Waals surface area contributed by atoms with E-state index in [1.54, 1.807) is 6.20 Å². The molecule has 1 aliphatic carbocycles. The predicted octanol–water partition coefficient (Wildman–Crippen LogP) is 2.78. The predicted molar refractivity (Wildman–Crippen MR) is 57.6 cm³/mol. The normalized spacial score (nSPS) is 26.5. The summed E-state index contributed by atoms with van der Waals surface area (Å²) >= 11 is 0. The van der Waals surface area contributed by atoms with Crippen LogP contribution in [0, 0.1) is 11.3 Å². The van der Waals surface area contributed by atoms with Gasteiger partial charge in [0.15, 0.2) is 0 Å². The number of pyridine rings is 1. The molecule has 0 bridgehead atoms. The number of aromatic nitrogens is 1. The summed E-state index contributed by atoms with van der Waals surface area (Å²) in [5.74, 6) is 0.670. The van der Waals surface area contributed by atoms with Gasteiger partial charge in [-0.05, 0) is 30.5 Å². The Morgan fingerprint density at radius 2 is 2.29 bits per heavy atom. The van der Waals surface area contributed by atoms with Crippen molar-refractivity contribution >= 4 is 5.71 Å². The lowest BCUT2D eigenvalue weighted by Crippen LogP contribution is -2.21. The second kappa shape index (κ2) is 3.74. The first-order valence-corrected chi connectivity index (χ1v) is 4.95. The molecule has 0 spiro atoms. The lowest BCUT2D eigenvalue weighted by atomic mass is 9.80. The van der Waals surface area contributed by atoms with Crippen molar-refractivity contribution in [2.75, 3.05) is 0 Å². The van der Waals surface area contributed by atoms with Crippen LogP contribution in [-0.2, 0) is 0 Å². The number of rotatable bonds is 1. The van der Waals surface area contributed by atoms with E-state index in [2.05, 4.69) is 18.0 Å². The van der Waals surface area contributed by atoms with Gasteiger partial charge in [0.2, 0.25) is 0 Å². The number of hydrogen-bond donors (Lipinski definition) is 1. The molecule has 0 saturated carbocycles. The van der Waals surface area contributed by atoms with Gasteiger partial charge in [-0.3, -0.25) is 4.98 Å². The second-order valence-electron chi connectivity index (χ2n) is 3.80. The molecule has 1 aromatic rings. The number of nitrogens with zero attached hydrogens (tertiary/aromatic N) is 1. The molecule has 1 N–H and O–H groups in total. The molecule has 2 heteroatoms. The molecule has 0 aromatic carbocycles. The quantitative estimate of drug-likeness (QED) is 0.719. The Morgan fingerprint density at radius 3 is 2.93 bits per heavy atom. The van der Waals surface area contributed by atoms with Crippen LogP contribution in [0.3, 0.4) is 0 Å². The highest BCUT2D eigenvalue weighted by molar-refractivity contribution is 5.98. The van der Waals surface area contributed by atoms with E-state index >= 15 is 0 Å². The first kappa shape index (κ1) is 9.13. The molecule has 0 aliphatic heterocycles. The molecule has 1 heterocycles. The fraction of sp³-hybridized carbons (Fsp3) is 0.333. The molecule has 2 atom stereocenters. The lowest BCUT2D eigenvalue weighted by molar-refractivity contribution is 0.534. The number of hydrogen-bond acceptors (Lipinski definition) is 2. The molecule has 2 nitrogen and oxygen atoms in total. The van der Waals surface area contributed by atoms with Gasteiger partial charge in [-0.25, -0.2) is 0 Å².